The number of Topliss-reactive ketones (excluding diaryl/α,β-unsaturated/α-hetero) is 1. The van der Waals surface area contributed by atoms with Gasteiger partial charge in [0.1, 0.15) is 11.5 Å². The Hall–Kier alpha value is -1.97. The van der Waals surface area contributed by atoms with E-state index in [1.165, 1.54) is 0 Å². The highest BCUT2D eigenvalue weighted by Crippen LogP contribution is 2.45. The third-order valence-electron chi connectivity index (χ3n) is 4.52. The van der Waals surface area contributed by atoms with Gasteiger partial charge in [-0.15, -0.1) is 0 Å². The zero-order chi connectivity index (χ0) is 16.0. The molecule has 116 valence electrons. The van der Waals surface area contributed by atoms with Crippen molar-refractivity contribution in [1.29, 1.82) is 0 Å². The molecule has 0 aliphatic carbocycles. The average molecular weight is 299 g/mol. The second-order valence-electron chi connectivity index (χ2n) is 7.15. The number of carbonyl (C=O) groups is 2. The van der Waals surface area contributed by atoms with Crippen molar-refractivity contribution < 1.29 is 14.3 Å². The van der Waals surface area contributed by atoms with E-state index < -0.39 is 16.9 Å². The standard InChI is InChI=1S/C18H21NO3/c1-17(2,3)15(20)13-11-18(9-10-22-16(18)21)14(19-13)12-7-5-4-6-8-12/h4-8,13H,9-11H2,1-3H3/t13-,18+/m0/s1. The molecule has 3 rings (SSSR count). The molecule has 4 heteroatoms. The van der Waals surface area contributed by atoms with Gasteiger partial charge in [0.05, 0.1) is 12.3 Å². The van der Waals surface area contributed by atoms with Gasteiger partial charge in [-0.05, 0) is 12.0 Å². The number of hydrogen-bond donors (Lipinski definition) is 0. The van der Waals surface area contributed by atoms with Crippen LogP contribution in [0.1, 0.15) is 39.2 Å². The molecule has 0 radical (unpaired) electrons. The molecule has 1 spiro atoms. The van der Waals surface area contributed by atoms with Crippen LogP contribution in [0.4, 0.5) is 0 Å². The lowest BCUT2D eigenvalue weighted by atomic mass is 9.74. The van der Waals surface area contributed by atoms with Crippen LogP contribution >= 0.6 is 0 Å². The Morgan fingerprint density at radius 3 is 2.50 bits per heavy atom. The number of esters is 1. The van der Waals surface area contributed by atoms with Gasteiger partial charge in [-0.2, -0.15) is 0 Å². The van der Waals surface area contributed by atoms with Crippen LogP contribution in [0.5, 0.6) is 0 Å². The Labute approximate surface area is 130 Å². The second-order valence-corrected chi connectivity index (χ2v) is 7.15. The molecule has 0 saturated carbocycles. The third-order valence-corrected chi connectivity index (χ3v) is 4.52. The number of carbonyl (C=O) groups excluding carboxylic acids is 2. The number of cyclic esters (lactones) is 1. The van der Waals surface area contributed by atoms with Crippen molar-refractivity contribution >= 4 is 17.5 Å². The summed E-state index contributed by atoms with van der Waals surface area (Å²) in [5.74, 6) is -0.156. The number of rotatable bonds is 2. The molecule has 1 aromatic carbocycles. The SMILES string of the molecule is CC(C)(C)C(=O)[C@@H]1C[C@]2(CCOC2=O)C(c2ccccc2)=N1. The molecule has 1 saturated heterocycles. The first kappa shape index (κ1) is 14.9. The van der Waals surface area contributed by atoms with E-state index in [1.54, 1.807) is 0 Å². The number of ketones is 1. The van der Waals surface area contributed by atoms with Crippen LogP contribution < -0.4 is 0 Å². The van der Waals surface area contributed by atoms with Crippen molar-refractivity contribution in [2.24, 2.45) is 15.8 Å². The van der Waals surface area contributed by atoms with Crippen molar-refractivity contribution in [3.8, 4) is 0 Å². The molecule has 1 fully saturated rings. The van der Waals surface area contributed by atoms with E-state index >= 15 is 0 Å². The van der Waals surface area contributed by atoms with E-state index in [0.717, 1.165) is 11.3 Å². The molecular weight excluding hydrogens is 278 g/mol. The summed E-state index contributed by atoms with van der Waals surface area (Å²) >= 11 is 0. The van der Waals surface area contributed by atoms with Gasteiger partial charge in [0.2, 0.25) is 0 Å². The molecule has 0 unspecified atom stereocenters. The minimum absolute atomic E-state index is 0.0810. The molecule has 0 amide bonds. The van der Waals surface area contributed by atoms with E-state index in [9.17, 15) is 9.59 Å². The van der Waals surface area contributed by atoms with E-state index in [-0.39, 0.29) is 11.8 Å². The topological polar surface area (TPSA) is 55.7 Å². The Morgan fingerprint density at radius 1 is 1.27 bits per heavy atom. The lowest BCUT2D eigenvalue weighted by Crippen LogP contribution is -2.36. The number of aliphatic imine (C=N–C) groups is 1. The molecule has 0 aromatic heterocycles. The molecule has 1 aromatic rings. The first-order valence-corrected chi connectivity index (χ1v) is 7.70. The monoisotopic (exact) mass is 299 g/mol. The van der Waals surface area contributed by atoms with Crippen LogP contribution in [0.3, 0.4) is 0 Å². The van der Waals surface area contributed by atoms with E-state index in [4.69, 9.17) is 4.74 Å². The molecule has 0 N–H and O–H groups in total. The quantitative estimate of drug-likeness (QED) is 0.789. The predicted octanol–water partition coefficient (Wildman–Crippen LogP) is 2.80. The predicted molar refractivity (Wildman–Crippen MR) is 83.9 cm³/mol. The van der Waals surface area contributed by atoms with Gasteiger partial charge < -0.3 is 4.74 Å². The average Bonchev–Trinajstić information content (AvgIpc) is 3.04. The van der Waals surface area contributed by atoms with Crippen LogP contribution in [0.2, 0.25) is 0 Å². The lowest BCUT2D eigenvalue weighted by Gasteiger charge is -2.23. The summed E-state index contributed by atoms with van der Waals surface area (Å²) in [6.45, 7) is 6.09. The summed E-state index contributed by atoms with van der Waals surface area (Å²) < 4.78 is 5.22. The van der Waals surface area contributed by atoms with Gasteiger partial charge in [-0.25, -0.2) is 0 Å². The largest absolute Gasteiger partial charge is 0.465 e. The van der Waals surface area contributed by atoms with Crippen molar-refractivity contribution in [3.63, 3.8) is 0 Å². The van der Waals surface area contributed by atoms with Crippen LogP contribution in [-0.2, 0) is 14.3 Å². The van der Waals surface area contributed by atoms with Crippen molar-refractivity contribution in [3.05, 3.63) is 35.9 Å². The van der Waals surface area contributed by atoms with Gasteiger partial charge >= 0.3 is 5.97 Å². The smallest absolute Gasteiger partial charge is 0.318 e. The highest BCUT2D eigenvalue weighted by Gasteiger charge is 2.55. The third kappa shape index (κ3) is 2.27. The summed E-state index contributed by atoms with van der Waals surface area (Å²) in [5, 5.41) is 0. The number of nitrogens with zero attached hydrogens (tertiary/aromatic N) is 1. The number of hydrogen-bond acceptors (Lipinski definition) is 4. The van der Waals surface area contributed by atoms with Gasteiger partial charge in [-0.1, -0.05) is 51.1 Å². The summed E-state index contributed by atoms with van der Waals surface area (Å²) in [7, 11) is 0. The Bertz CT molecular complexity index is 642. The lowest BCUT2D eigenvalue weighted by molar-refractivity contribution is -0.143. The fraction of sp³-hybridized carbons (Fsp3) is 0.500. The molecular formula is C18H21NO3. The van der Waals surface area contributed by atoms with Crippen molar-refractivity contribution in [2.75, 3.05) is 6.61 Å². The van der Waals surface area contributed by atoms with E-state index in [1.807, 2.05) is 51.1 Å². The maximum atomic E-state index is 12.6. The van der Waals surface area contributed by atoms with Gasteiger partial charge in [0.15, 0.2) is 5.78 Å². The van der Waals surface area contributed by atoms with Gasteiger partial charge in [-0.3, -0.25) is 14.6 Å². The van der Waals surface area contributed by atoms with Crippen LogP contribution in [0, 0.1) is 10.8 Å². The van der Waals surface area contributed by atoms with Gasteiger partial charge in [0, 0.05) is 11.8 Å². The molecule has 22 heavy (non-hydrogen) atoms. The highest BCUT2D eigenvalue weighted by atomic mass is 16.5. The maximum absolute atomic E-state index is 12.6. The first-order chi connectivity index (χ1) is 10.3. The summed E-state index contributed by atoms with van der Waals surface area (Å²) in [5.41, 5.74) is 0.417. The van der Waals surface area contributed by atoms with E-state index in [0.29, 0.717) is 19.4 Å². The molecule has 0 bridgehead atoms. The van der Waals surface area contributed by atoms with Crippen LogP contribution in [0.15, 0.2) is 35.3 Å². The minimum Gasteiger partial charge on any atom is -0.465 e. The van der Waals surface area contributed by atoms with Crippen molar-refractivity contribution in [2.45, 2.75) is 39.7 Å². The van der Waals surface area contributed by atoms with Crippen LogP contribution in [0.25, 0.3) is 0 Å². The molecule has 2 aliphatic rings. The first-order valence-electron chi connectivity index (χ1n) is 7.70. The van der Waals surface area contributed by atoms with Crippen LogP contribution in [-0.4, -0.2) is 30.1 Å². The Balaban J connectivity index is 2.05. The fourth-order valence-corrected chi connectivity index (χ4v) is 3.31. The molecule has 2 aliphatic heterocycles. The normalized spacial score (nSPS) is 27.9. The molecule has 2 heterocycles. The number of ether oxygens (including phenoxy) is 1. The summed E-state index contributed by atoms with van der Waals surface area (Å²) in [4.78, 5) is 29.7. The zero-order valence-corrected chi connectivity index (χ0v) is 13.3. The molecule has 2 atom stereocenters. The van der Waals surface area contributed by atoms with Crippen molar-refractivity contribution in [1.82, 2.24) is 0 Å². The Morgan fingerprint density at radius 2 is 1.95 bits per heavy atom. The Kier molecular flexibility index (Phi) is 3.42. The maximum Gasteiger partial charge on any atom is 0.318 e. The van der Waals surface area contributed by atoms with E-state index in [2.05, 4.69) is 4.99 Å². The summed E-state index contributed by atoms with van der Waals surface area (Å²) in [6.07, 6.45) is 1.04. The minimum atomic E-state index is -0.743. The zero-order valence-electron chi connectivity index (χ0n) is 13.3. The second kappa shape index (κ2) is 5.04. The molecule has 4 nitrogen and oxygen atoms in total. The fourth-order valence-electron chi connectivity index (χ4n) is 3.31. The number of benzene rings is 1. The highest BCUT2D eigenvalue weighted by molar-refractivity contribution is 6.18. The summed E-state index contributed by atoms with van der Waals surface area (Å²) in [6, 6.07) is 9.19. The van der Waals surface area contributed by atoms with Gasteiger partial charge in [0.25, 0.3) is 0 Å².